The summed E-state index contributed by atoms with van der Waals surface area (Å²) >= 11 is 0. The summed E-state index contributed by atoms with van der Waals surface area (Å²) in [5, 5.41) is 9.11. The maximum atomic E-state index is 12.6. The number of carbonyl (C=O) groups is 1. The molecule has 1 atom stereocenters. The monoisotopic (exact) mass is 262 g/mol. The van der Waals surface area contributed by atoms with Gasteiger partial charge in [0, 0.05) is 25.4 Å². The van der Waals surface area contributed by atoms with Gasteiger partial charge in [-0.05, 0) is 44.5 Å². The Hall–Kier alpha value is -1.39. The zero-order chi connectivity index (χ0) is 14.0. The van der Waals surface area contributed by atoms with E-state index >= 15 is 0 Å². The number of aliphatic hydroxyl groups is 1. The van der Waals surface area contributed by atoms with Crippen molar-refractivity contribution >= 4 is 11.6 Å². The highest BCUT2D eigenvalue weighted by atomic mass is 16.3. The quantitative estimate of drug-likeness (QED) is 0.894. The molecule has 1 unspecified atom stereocenters. The van der Waals surface area contributed by atoms with Crippen molar-refractivity contribution in [2.24, 2.45) is 0 Å². The van der Waals surface area contributed by atoms with E-state index in [4.69, 9.17) is 5.11 Å². The summed E-state index contributed by atoms with van der Waals surface area (Å²) in [6, 6.07) is 5.84. The minimum Gasteiger partial charge on any atom is -0.396 e. The number of benzene rings is 1. The minimum absolute atomic E-state index is 0.0430. The van der Waals surface area contributed by atoms with Gasteiger partial charge in [-0.15, -0.1) is 0 Å². The van der Waals surface area contributed by atoms with E-state index < -0.39 is 0 Å². The van der Waals surface area contributed by atoms with Crippen molar-refractivity contribution in [1.82, 2.24) is 4.90 Å². The van der Waals surface area contributed by atoms with Crippen LogP contribution in [-0.2, 0) is 4.79 Å². The molecule has 19 heavy (non-hydrogen) atoms. The molecule has 4 heteroatoms. The molecule has 0 radical (unpaired) electrons. The second-order valence-electron chi connectivity index (χ2n) is 5.22. The van der Waals surface area contributed by atoms with Crippen molar-refractivity contribution in [3.8, 4) is 0 Å². The predicted molar refractivity (Wildman–Crippen MR) is 76.4 cm³/mol. The summed E-state index contributed by atoms with van der Waals surface area (Å²) in [5.41, 5.74) is 3.35. The lowest BCUT2D eigenvalue weighted by Gasteiger charge is -2.39. The second-order valence-corrected chi connectivity index (χ2v) is 5.22. The van der Waals surface area contributed by atoms with E-state index in [0.29, 0.717) is 13.0 Å². The fourth-order valence-electron chi connectivity index (χ4n) is 2.63. The summed E-state index contributed by atoms with van der Waals surface area (Å²) in [7, 11) is 1.94. The third-order valence-corrected chi connectivity index (χ3v) is 4.03. The number of rotatable bonds is 3. The first kappa shape index (κ1) is 14.0. The Morgan fingerprint density at radius 3 is 2.74 bits per heavy atom. The molecule has 1 heterocycles. The molecule has 1 aliphatic rings. The van der Waals surface area contributed by atoms with Gasteiger partial charge in [-0.25, -0.2) is 0 Å². The SMILES string of the molecule is Cc1cccc(N2CCN(C)C(CCO)C2=O)c1C. The molecule has 1 aliphatic heterocycles. The third kappa shape index (κ3) is 2.65. The molecule has 0 saturated carbocycles. The molecule has 1 aromatic carbocycles. The van der Waals surface area contributed by atoms with Gasteiger partial charge in [-0.2, -0.15) is 0 Å². The fourth-order valence-corrected chi connectivity index (χ4v) is 2.63. The van der Waals surface area contributed by atoms with Crippen LogP contribution in [0.2, 0.25) is 0 Å². The van der Waals surface area contributed by atoms with Gasteiger partial charge >= 0.3 is 0 Å². The number of piperazine rings is 1. The number of aliphatic hydroxyl groups excluding tert-OH is 1. The van der Waals surface area contributed by atoms with E-state index in [1.807, 2.05) is 29.0 Å². The molecular formula is C15H22N2O2. The summed E-state index contributed by atoms with van der Waals surface area (Å²) < 4.78 is 0. The molecule has 1 amide bonds. The summed E-state index contributed by atoms with van der Waals surface area (Å²) in [4.78, 5) is 16.5. The molecule has 0 aliphatic carbocycles. The van der Waals surface area contributed by atoms with Crippen LogP contribution in [0.3, 0.4) is 0 Å². The minimum atomic E-state index is -0.210. The molecule has 0 aromatic heterocycles. The Morgan fingerprint density at radius 2 is 2.05 bits per heavy atom. The lowest BCUT2D eigenvalue weighted by molar-refractivity contribution is -0.125. The van der Waals surface area contributed by atoms with Crippen LogP contribution < -0.4 is 4.90 Å². The molecule has 1 aromatic rings. The standard InChI is InChI=1S/C15H22N2O2/c1-11-5-4-6-13(12(11)2)17-9-8-16(3)14(7-10-18)15(17)19/h4-6,14,18H,7-10H2,1-3H3. The van der Waals surface area contributed by atoms with Gasteiger partial charge in [0.05, 0.1) is 6.04 Å². The van der Waals surface area contributed by atoms with Crippen LogP contribution in [0.1, 0.15) is 17.5 Å². The van der Waals surface area contributed by atoms with E-state index in [-0.39, 0.29) is 18.6 Å². The molecule has 2 rings (SSSR count). The number of nitrogens with zero attached hydrogens (tertiary/aromatic N) is 2. The second kappa shape index (κ2) is 5.72. The summed E-state index contributed by atoms with van der Waals surface area (Å²) in [6.45, 7) is 5.70. The highest BCUT2D eigenvalue weighted by Gasteiger charge is 2.33. The Labute approximate surface area is 114 Å². The van der Waals surface area contributed by atoms with Crippen LogP contribution >= 0.6 is 0 Å². The smallest absolute Gasteiger partial charge is 0.244 e. The Bertz CT molecular complexity index is 473. The van der Waals surface area contributed by atoms with Crippen molar-refractivity contribution in [3.63, 3.8) is 0 Å². The van der Waals surface area contributed by atoms with Gasteiger partial charge in [-0.3, -0.25) is 9.69 Å². The van der Waals surface area contributed by atoms with Gasteiger partial charge in [0.1, 0.15) is 0 Å². The maximum absolute atomic E-state index is 12.6. The Balaban J connectivity index is 2.30. The topological polar surface area (TPSA) is 43.8 Å². The van der Waals surface area contributed by atoms with Crippen molar-refractivity contribution in [3.05, 3.63) is 29.3 Å². The van der Waals surface area contributed by atoms with E-state index in [2.05, 4.69) is 19.9 Å². The predicted octanol–water partition coefficient (Wildman–Crippen LogP) is 1.33. The van der Waals surface area contributed by atoms with Gasteiger partial charge < -0.3 is 10.0 Å². The zero-order valence-electron chi connectivity index (χ0n) is 11.9. The summed E-state index contributed by atoms with van der Waals surface area (Å²) in [5.74, 6) is 0.0940. The first-order chi connectivity index (χ1) is 9.06. The molecular weight excluding hydrogens is 240 g/mol. The molecule has 0 bridgehead atoms. The lowest BCUT2D eigenvalue weighted by atomic mass is 10.0. The number of likely N-dealkylation sites (N-methyl/N-ethyl adjacent to an activating group) is 1. The molecule has 1 fully saturated rings. The van der Waals surface area contributed by atoms with Gasteiger partial charge in [0.25, 0.3) is 0 Å². The van der Waals surface area contributed by atoms with E-state index in [1.165, 1.54) is 5.56 Å². The normalized spacial score (nSPS) is 20.9. The third-order valence-electron chi connectivity index (χ3n) is 4.03. The van der Waals surface area contributed by atoms with Crippen LogP contribution in [-0.4, -0.2) is 48.7 Å². The molecule has 1 N–H and O–H groups in total. The summed E-state index contributed by atoms with van der Waals surface area (Å²) in [6.07, 6.45) is 0.497. The molecule has 104 valence electrons. The largest absolute Gasteiger partial charge is 0.396 e. The van der Waals surface area contributed by atoms with Crippen molar-refractivity contribution in [1.29, 1.82) is 0 Å². The average molecular weight is 262 g/mol. The Kier molecular flexibility index (Phi) is 4.22. The van der Waals surface area contributed by atoms with Crippen LogP contribution in [0.4, 0.5) is 5.69 Å². The first-order valence-electron chi connectivity index (χ1n) is 6.75. The van der Waals surface area contributed by atoms with Gasteiger partial charge in [-0.1, -0.05) is 12.1 Å². The first-order valence-corrected chi connectivity index (χ1v) is 6.75. The fraction of sp³-hybridized carbons (Fsp3) is 0.533. The number of hydrogen-bond acceptors (Lipinski definition) is 3. The van der Waals surface area contributed by atoms with Crippen molar-refractivity contribution in [2.75, 3.05) is 31.6 Å². The average Bonchev–Trinajstić information content (AvgIpc) is 2.39. The maximum Gasteiger partial charge on any atom is 0.244 e. The van der Waals surface area contributed by atoms with Gasteiger partial charge in [0.15, 0.2) is 0 Å². The lowest BCUT2D eigenvalue weighted by Crippen LogP contribution is -2.56. The van der Waals surface area contributed by atoms with Crippen LogP contribution in [0.25, 0.3) is 0 Å². The molecule has 1 saturated heterocycles. The number of aryl methyl sites for hydroxylation is 1. The van der Waals surface area contributed by atoms with Gasteiger partial charge in [0.2, 0.25) is 5.91 Å². The zero-order valence-corrected chi connectivity index (χ0v) is 11.9. The van der Waals surface area contributed by atoms with E-state index in [0.717, 1.165) is 17.8 Å². The van der Waals surface area contributed by atoms with Crippen LogP contribution in [0, 0.1) is 13.8 Å². The highest BCUT2D eigenvalue weighted by molar-refractivity contribution is 5.98. The number of amides is 1. The van der Waals surface area contributed by atoms with E-state index in [1.54, 1.807) is 0 Å². The number of carbonyl (C=O) groups excluding carboxylic acids is 1. The van der Waals surface area contributed by atoms with Crippen LogP contribution in [0.15, 0.2) is 18.2 Å². The van der Waals surface area contributed by atoms with Crippen molar-refractivity contribution < 1.29 is 9.90 Å². The Morgan fingerprint density at radius 1 is 1.32 bits per heavy atom. The highest BCUT2D eigenvalue weighted by Crippen LogP contribution is 2.26. The number of hydrogen-bond donors (Lipinski definition) is 1. The molecule has 0 spiro atoms. The molecule has 4 nitrogen and oxygen atoms in total. The van der Waals surface area contributed by atoms with Crippen LogP contribution in [0.5, 0.6) is 0 Å². The van der Waals surface area contributed by atoms with Crippen molar-refractivity contribution in [2.45, 2.75) is 26.3 Å². The number of anilines is 1. The van der Waals surface area contributed by atoms with E-state index in [9.17, 15) is 4.79 Å².